The van der Waals surface area contributed by atoms with Crippen LogP contribution < -0.4 is 10.2 Å². The molecule has 0 spiro atoms. The molecule has 1 aromatic rings. The minimum absolute atomic E-state index is 0.0296. The van der Waals surface area contributed by atoms with Crippen LogP contribution >= 0.6 is 0 Å². The zero-order valence-electron chi connectivity index (χ0n) is 14.2. The fraction of sp³-hybridized carbons (Fsp3) is 0.611. The van der Waals surface area contributed by atoms with Crippen molar-refractivity contribution < 1.29 is 18.7 Å². The van der Waals surface area contributed by atoms with Crippen molar-refractivity contribution in [1.82, 2.24) is 10.2 Å². The molecule has 2 atom stereocenters. The topological polar surface area (TPSA) is 54.0 Å². The second-order valence-electron chi connectivity index (χ2n) is 7.01. The number of ether oxygens (including phenoxy) is 2. The third-order valence-corrected chi connectivity index (χ3v) is 5.41. The van der Waals surface area contributed by atoms with Gasteiger partial charge < -0.3 is 24.6 Å². The van der Waals surface area contributed by atoms with Gasteiger partial charge >= 0.3 is 6.09 Å². The Labute approximate surface area is 146 Å². The Morgan fingerprint density at radius 2 is 1.96 bits per heavy atom. The number of hydrogen-bond donors (Lipinski definition) is 1. The SMILES string of the molecule is O=C(OCc1ccc(N2CCOCC2)cc1F)N1CC2CNCC2C1. The van der Waals surface area contributed by atoms with Gasteiger partial charge in [0.1, 0.15) is 12.4 Å². The van der Waals surface area contributed by atoms with Crippen LogP contribution in [0.5, 0.6) is 0 Å². The van der Waals surface area contributed by atoms with Gasteiger partial charge in [-0.15, -0.1) is 0 Å². The van der Waals surface area contributed by atoms with Crippen molar-refractivity contribution in [3.8, 4) is 0 Å². The minimum atomic E-state index is -0.342. The molecular weight excluding hydrogens is 325 g/mol. The van der Waals surface area contributed by atoms with Gasteiger partial charge in [0.25, 0.3) is 0 Å². The Kier molecular flexibility index (Phi) is 4.76. The molecular formula is C18H24FN3O3. The molecule has 0 aliphatic carbocycles. The zero-order valence-corrected chi connectivity index (χ0v) is 14.2. The maximum Gasteiger partial charge on any atom is 0.410 e. The summed E-state index contributed by atoms with van der Waals surface area (Å²) in [6.07, 6.45) is -0.342. The first-order valence-electron chi connectivity index (χ1n) is 8.94. The Balaban J connectivity index is 1.32. The van der Waals surface area contributed by atoms with Crippen LogP contribution in [0.1, 0.15) is 5.56 Å². The van der Waals surface area contributed by atoms with Gasteiger partial charge in [-0.1, -0.05) is 6.07 Å². The van der Waals surface area contributed by atoms with Crippen LogP contribution in [0, 0.1) is 17.7 Å². The van der Waals surface area contributed by atoms with E-state index in [2.05, 4.69) is 10.2 Å². The Morgan fingerprint density at radius 1 is 1.24 bits per heavy atom. The molecule has 0 bridgehead atoms. The molecule has 3 aliphatic heterocycles. The molecule has 0 radical (unpaired) electrons. The van der Waals surface area contributed by atoms with Gasteiger partial charge in [0.05, 0.1) is 13.2 Å². The van der Waals surface area contributed by atoms with Gasteiger partial charge in [0.2, 0.25) is 0 Å². The monoisotopic (exact) mass is 349 g/mol. The summed E-state index contributed by atoms with van der Waals surface area (Å²) in [7, 11) is 0. The van der Waals surface area contributed by atoms with E-state index in [0.29, 0.717) is 30.6 Å². The van der Waals surface area contributed by atoms with Crippen LogP contribution in [0.3, 0.4) is 0 Å². The highest BCUT2D eigenvalue weighted by Crippen LogP contribution is 2.27. The summed E-state index contributed by atoms with van der Waals surface area (Å²) in [6, 6.07) is 5.10. The average Bonchev–Trinajstić information content (AvgIpc) is 3.23. The summed E-state index contributed by atoms with van der Waals surface area (Å²) in [5, 5.41) is 3.34. The van der Waals surface area contributed by atoms with Crippen LogP contribution in [-0.4, -0.2) is 63.5 Å². The van der Waals surface area contributed by atoms with E-state index >= 15 is 0 Å². The van der Waals surface area contributed by atoms with Crippen molar-refractivity contribution in [2.24, 2.45) is 11.8 Å². The van der Waals surface area contributed by atoms with E-state index in [1.165, 1.54) is 6.07 Å². The van der Waals surface area contributed by atoms with Crippen molar-refractivity contribution in [2.75, 3.05) is 57.4 Å². The molecule has 4 rings (SSSR count). The maximum absolute atomic E-state index is 14.3. The van der Waals surface area contributed by atoms with Crippen LogP contribution in [0.2, 0.25) is 0 Å². The molecule has 6 nitrogen and oxygen atoms in total. The molecule has 2 unspecified atom stereocenters. The second-order valence-corrected chi connectivity index (χ2v) is 7.01. The molecule has 1 amide bonds. The molecule has 1 aromatic carbocycles. The van der Waals surface area contributed by atoms with E-state index in [9.17, 15) is 9.18 Å². The number of carbonyl (C=O) groups excluding carboxylic acids is 1. The summed E-state index contributed by atoms with van der Waals surface area (Å²) in [4.78, 5) is 16.1. The van der Waals surface area contributed by atoms with Crippen molar-refractivity contribution in [2.45, 2.75) is 6.61 Å². The summed E-state index contributed by atoms with van der Waals surface area (Å²) in [6.45, 7) is 6.21. The van der Waals surface area contributed by atoms with Crippen molar-refractivity contribution >= 4 is 11.8 Å². The molecule has 3 fully saturated rings. The lowest BCUT2D eigenvalue weighted by atomic mass is 10.0. The van der Waals surface area contributed by atoms with Crippen molar-refractivity contribution in [3.63, 3.8) is 0 Å². The Hall–Kier alpha value is -1.86. The third-order valence-electron chi connectivity index (χ3n) is 5.41. The van der Waals surface area contributed by atoms with Crippen LogP contribution in [0.15, 0.2) is 18.2 Å². The Morgan fingerprint density at radius 3 is 2.64 bits per heavy atom. The highest BCUT2D eigenvalue weighted by atomic mass is 19.1. The van der Waals surface area contributed by atoms with E-state index in [0.717, 1.165) is 45.0 Å². The van der Waals surface area contributed by atoms with Crippen LogP contribution in [-0.2, 0) is 16.1 Å². The summed E-state index contributed by atoms with van der Waals surface area (Å²) in [5.74, 6) is 0.716. The first-order valence-corrected chi connectivity index (χ1v) is 8.94. The predicted octanol–water partition coefficient (Wildman–Crippen LogP) is 1.45. The van der Waals surface area contributed by atoms with Gasteiger partial charge in [-0.25, -0.2) is 9.18 Å². The quantitative estimate of drug-likeness (QED) is 0.895. The number of nitrogens with one attached hydrogen (secondary N) is 1. The average molecular weight is 349 g/mol. The lowest BCUT2D eigenvalue weighted by Crippen LogP contribution is -2.36. The van der Waals surface area contributed by atoms with Gasteiger partial charge in [-0.2, -0.15) is 0 Å². The third kappa shape index (κ3) is 3.57. The highest BCUT2D eigenvalue weighted by Gasteiger charge is 2.38. The predicted molar refractivity (Wildman–Crippen MR) is 91.0 cm³/mol. The number of amides is 1. The Bertz CT molecular complexity index is 624. The van der Waals surface area contributed by atoms with E-state index in [-0.39, 0.29) is 18.5 Å². The smallest absolute Gasteiger partial charge is 0.410 e. The molecule has 3 aliphatic rings. The number of rotatable bonds is 3. The number of carbonyl (C=O) groups is 1. The molecule has 7 heteroatoms. The molecule has 136 valence electrons. The lowest BCUT2D eigenvalue weighted by molar-refractivity contribution is 0.101. The van der Waals surface area contributed by atoms with E-state index < -0.39 is 0 Å². The molecule has 3 heterocycles. The number of morpholine rings is 1. The number of hydrogen-bond acceptors (Lipinski definition) is 5. The fourth-order valence-corrected chi connectivity index (χ4v) is 3.91. The molecule has 0 aromatic heterocycles. The van der Waals surface area contributed by atoms with Gasteiger partial charge in [0, 0.05) is 50.5 Å². The number of nitrogens with zero attached hydrogens (tertiary/aromatic N) is 2. The van der Waals surface area contributed by atoms with E-state index in [1.807, 2.05) is 6.07 Å². The molecule has 3 saturated heterocycles. The number of benzene rings is 1. The van der Waals surface area contributed by atoms with Crippen LogP contribution in [0.4, 0.5) is 14.9 Å². The summed E-state index contributed by atoms with van der Waals surface area (Å²) < 4.78 is 25.0. The van der Waals surface area contributed by atoms with E-state index in [4.69, 9.17) is 9.47 Å². The number of fused-ring (bicyclic) bond motifs is 1. The highest BCUT2D eigenvalue weighted by molar-refractivity contribution is 5.68. The largest absolute Gasteiger partial charge is 0.444 e. The lowest BCUT2D eigenvalue weighted by Gasteiger charge is -2.29. The summed E-state index contributed by atoms with van der Waals surface area (Å²) in [5.41, 5.74) is 1.25. The van der Waals surface area contributed by atoms with Crippen molar-refractivity contribution in [1.29, 1.82) is 0 Å². The molecule has 0 saturated carbocycles. The number of likely N-dealkylation sites (tertiary alicyclic amines) is 1. The zero-order chi connectivity index (χ0) is 17.2. The number of anilines is 1. The van der Waals surface area contributed by atoms with Gasteiger partial charge in [0.15, 0.2) is 0 Å². The first-order chi connectivity index (χ1) is 12.2. The minimum Gasteiger partial charge on any atom is -0.444 e. The normalized spacial score (nSPS) is 26.0. The molecule has 1 N–H and O–H groups in total. The van der Waals surface area contributed by atoms with Gasteiger partial charge in [-0.05, 0) is 24.0 Å². The van der Waals surface area contributed by atoms with Crippen molar-refractivity contribution in [3.05, 3.63) is 29.6 Å². The van der Waals surface area contributed by atoms with Crippen LogP contribution in [0.25, 0.3) is 0 Å². The number of halogens is 1. The fourth-order valence-electron chi connectivity index (χ4n) is 3.91. The molecule has 25 heavy (non-hydrogen) atoms. The standard InChI is InChI=1S/C18H24FN3O3/c19-17-7-16(21-3-5-24-6-4-21)2-1-13(17)12-25-18(23)22-10-14-8-20-9-15(14)11-22/h1-2,7,14-15,20H,3-6,8-12H2. The van der Waals surface area contributed by atoms with E-state index in [1.54, 1.807) is 11.0 Å². The maximum atomic E-state index is 14.3. The second kappa shape index (κ2) is 7.17. The first kappa shape index (κ1) is 16.6. The summed E-state index contributed by atoms with van der Waals surface area (Å²) >= 11 is 0. The van der Waals surface area contributed by atoms with Gasteiger partial charge in [-0.3, -0.25) is 0 Å².